The molecule has 0 heterocycles. The molecule has 26 heavy (non-hydrogen) atoms. The zero-order valence-corrected chi connectivity index (χ0v) is 14.4. The number of nitrogens with one attached hydrogen (secondary N) is 1. The van der Waals surface area contributed by atoms with Gasteiger partial charge in [-0.25, -0.2) is 4.79 Å². The van der Waals surface area contributed by atoms with Gasteiger partial charge < -0.3 is 15.3 Å². The van der Waals surface area contributed by atoms with Crippen LogP contribution in [-0.2, 0) is 4.79 Å². The Labute approximate surface area is 151 Å². The Balaban J connectivity index is 1.76. The number of anilines is 1. The summed E-state index contributed by atoms with van der Waals surface area (Å²) in [7, 11) is 1.66. The number of para-hydroxylation sites is 1. The van der Waals surface area contributed by atoms with Crippen LogP contribution < -0.4 is 10.2 Å². The van der Waals surface area contributed by atoms with Crippen LogP contribution in [0.1, 0.15) is 33.6 Å². The zero-order chi connectivity index (χ0) is 18.7. The van der Waals surface area contributed by atoms with E-state index < -0.39 is 17.9 Å². The van der Waals surface area contributed by atoms with Crippen molar-refractivity contribution in [3.05, 3.63) is 65.7 Å². The largest absolute Gasteiger partial charge is 0.480 e. The van der Waals surface area contributed by atoms with Gasteiger partial charge in [-0.15, -0.1) is 0 Å². The first kappa shape index (κ1) is 17.7. The molecule has 2 aromatic carbocycles. The molecule has 1 fully saturated rings. The van der Waals surface area contributed by atoms with Crippen molar-refractivity contribution in [2.45, 2.75) is 18.9 Å². The summed E-state index contributed by atoms with van der Waals surface area (Å²) in [6, 6.07) is 14.6. The predicted octanol–water partition coefficient (Wildman–Crippen LogP) is 2.56. The molecule has 0 radical (unpaired) electrons. The Hall–Kier alpha value is -3.15. The van der Waals surface area contributed by atoms with Crippen LogP contribution in [0, 0.1) is 5.92 Å². The second-order valence-corrected chi connectivity index (χ2v) is 6.41. The molecule has 6 heteroatoms. The molecule has 2 amide bonds. The maximum atomic E-state index is 12.7. The van der Waals surface area contributed by atoms with Crippen LogP contribution in [0.25, 0.3) is 0 Å². The number of rotatable bonds is 6. The highest BCUT2D eigenvalue weighted by Gasteiger charge is 2.37. The summed E-state index contributed by atoms with van der Waals surface area (Å²) >= 11 is 0. The van der Waals surface area contributed by atoms with Crippen molar-refractivity contribution in [1.82, 2.24) is 5.32 Å². The number of carbonyl (C=O) groups excluding carboxylic acids is 2. The molecule has 1 aliphatic carbocycles. The average molecular weight is 352 g/mol. The molecule has 3 rings (SSSR count). The van der Waals surface area contributed by atoms with Gasteiger partial charge in [0.1, 0.15) is 6.04 Å². The summed E-state index contributed by atoms with van der Waals surface area (Å²) in [5.41, 5.74) is 1.37. The van der Waals surface area contributed by atoms with E-state index in [2.05, 4.69) is 5.32 Å². The fourth-order valence-corrected chi connectivity index (χ4v) is 2.79. The number of carbonyl (C=O) groups is 3. The predicted molar refractivity (Wildman–Crippen MR) is 97.2 cm³/mol. The van der Waals surface area contributed by atoms with Crippen molar-refractivity contribution in [2.75, 3.05) is 11.9 Å². The van der Waals surface area contributed by atoms with Crippen LogP contribution in [-0.4, -0.2) is 36.0 Å². The van der Waals surface area contributed by atoms with Crippen molar-refractivity contribution < 1.29 is 19.5 Å². The minimum Gasteiger partial charge on any atom is -0.480 e. The van der Waals surface area contributed by atoms with Crippen molar-refractivity contribution >= 4 is 23.5 Å². The highest BCUT2D eigenvalue weighted by atomic mass is 16.4. The van der Waals surface area contributed by atoms with Gasteiger partial charge in [0.25, 0.3) is 11.8 Å². The Morgan fingerprint density at radius 2 is 1.69 bits per heavy atom. The molecule has 0 spiro atoms. The molecule has 0 aliphatic heterocycles. The van der Waals surface area contributed by atoms with Gasteiger partial charge in [0.2, 0.25) is 0 Å². The van der Waals surface area contributed by atoms with Gasteiger partial charge in [-0.05, 0) is 49.1 Å². The molecule has 1 saturated carbocycles. The van der Waals surface area contributed by atoms with Crippen molar-refractivity contribution in [3.8, 4) is 0 Å². The minimum absolute atomic E-state index is 0.00882. The number of benzene rings is 2. The first-order valence-corrected chi connectivity index (χ1v) is 8.44. The van der Waals surface area contributed by atoms with Crippen LogP contribution in [0.2, 0.25) is 0 Å². The standard InChI is InChI=1S/C20H20N2O4/c1-22(16-8-3-2-4-9-16)19(24)15-7-5-6-14(12-15)18(23)21-17(20(25)26)13-10-11-13/h2-9,12-13,17H,10-11H2,1H3,(H,21,23)(H,25,26). The maximum absolute atomic E-state index is 12.7. The lowest BCUT2D eigenvalue weighted by Gasteiger charge is -2.18. The van der Waals surface area contributed by atoms with Gasteiger partial charge in [-0.2, -0.15) is 0 Å². The van der Waals surface area contributed by atoms with E-state index >= 15 is 0 Å². The number of carboxylic acids is 1. The van der Waals surface area contributed by atoms with E-state index in [0.29, 0.717) is 5.56 Å². The van der Waals surface area contributed by atoms with Gasteiger partial charge in [0.15, 0.2) is 0 Å². The first-order chi connectivity index (χ1) is 12.5. The second kappa shape index (κ2) is 7.39. The third-order valence-corrected chi connectivity index (χ3v) is 4.47. The quantitative estimate of drug-likeness (QED) is 0.836. The topological polar surface area (TPSA) is 86.7 Å². The van der Waals surface area contributed by atoms with Gasteiger partial charge in [-0.1, -0.05) is 24.3 Å². The molecular formula is C20H20N2O4. The fourth-order valence-electron chi connectivity index (χ4n) is 2.79. The van der Waals surface area contributed by atoms with E-state index in [1.807, 2.05) is 30.3 Å². The summed E-state index contributed by atoms with van der Waals surface area (Å²) in [5, 5.41) is 11.8. The average Bonchev–Trinajstić information content (AvgIpc) is 3.50. The number of aliphatic carboxylic acids is 1. The third kappa shape index (κ3) is 3.91. The fraction of sp³-hybridized carbons (Fsp3) is 0.250. The van der Waals surface area contributed by atoms with Gasteiger partial charge >= 0.3 is 5.97 Å². The molecule has 0 bridgehead atoms. The lowest BCUT2D eigenvalue weighted by molar-refractivity contribution is -0.139. The monoisotopic (exact) mass is 352 g/mol. The zero-order valence-electron chi connectivity index (χ0n) is 14.4. The summed E-state index contributed by atoms with van der Waals surface area (Å²) in [6.45, 7) is 0. The highest BCUT2D eigenvalue weighted by Crippen LogP contribution is 2.32. The molecule has 0 saturated heterocycles. The molecule has 134 valence electrons. The summed E-state index contributed by atoms with van der Waals surface area (Å²) in [5.74, 6) is -1.77. The number of nitrogens with zero attached hydrogens (tertiary/aromatic N) is 1. The number of amides is 2. The maximum Gasteiger partial charge on any atom is 0.326 e. The minimum atomic E-state index is -1.03. The Morgan fingerprint density at radius 1 is 1.04 bits per heavy atom. The van der Waals surface area contributed by atoms with Crippen LogP contribution >= 0.6 is 0 Å². The van der Waals surface area contributed by atoms with Crippen LogP contribution in [0.4, 0.5) is 5.69 Å². The van der Waals surface area contributed by atoms with Crippen molar-refractivity contribution in [3.63, 3.8) is 0 Å². The molecule has 1 unspecified atom stereocenters. The second-order valence-electron chi connectivity index (χ2n) is 6.41. The number of carboxylic acid groups (broad SMARTS) is 1. The number of hydrogen-bond donors (Lipinski definition) is 2. The number of hydrogen-bond acceptors (Lipinski definition) is 3. The molecule has 0 aromatic heterocycles. The van der Waals surface area contributed by atoms with Crippen LogP contribution in [0.3, 0.4) is 0 Å². The van der Waals surface area contributed by atoms with Gasteiger partial charge in [0, 0.05) is 23.9 Å². The SMILES string of the molecule is CN(C(=O)c1cccc(C(=O)NC(C(=O)O)C2CC2)c1)c1ccccc1. The molecular weight excluding hydrogens is 332 g/mol. The van der Waals surface area contributed by atoms with E-state index in [0.717, 1.165) is 18.5 Å². The third-order valence-electron chi connectivity index (χ3n) is 4.47. The van der Waals surface area contributed by atoms with Gasteiger partial charge in [0.05, 0.1) is 0 Å². The summed E-state index contributed by atoms with van der Waals surface area (Å²) in [6.07, 6.45) is 1.61. The van der Waals surface area contributed by atoms with Crippen molar-refractivity contribution in [1.29, 1.82) is 0 Å². The lowest BCUT2D eigenvalue weighted by atomic mass is 10.1. The first-order valence-electron chi connectivity index (χ1n) is 8.44. The normalized spacial score (nSPS) is 14.3. The Kier molecular flexibility index (Phi) is 5.02. The van der Waals surface area contributed by atoms with E-state index in [1.54, 1.807) is 25.2 Å². The Morgan fingerprint density at radius 3 is 2.31 bits per heavy atom. The lowest BCUT2D eigenvalue weighted by Crippen LogP contribution is -2.42. The summed E-state index contributed by atoms with van der Waals surface area (Å²) in [4.78, 5) is 37.9. The molecule has 2 aromatic rings. The van der Waals surface area contributed by atoms with Gasteiger partial charge in [-0.3, -0.25) is 9.59 Å². The van der Waals surface area contributed by atoms with Crippen LogP contribution in [0.15, 0.2) is 54.6 Å². The van der Waals surface area contributed by atoms with E-state index in [9.17, 15) is 19.5 Å². The van der Waals surface area contributed by atoms with E-state index in [-0.39, 0.29) is 17.4 Å². The highest BCUT2D eigenvalue weighted by molar-refractivity contribution is 6.07. The molecule has 6 nitrogen and oxygen atoms in total. The molecule has 1 atom stereocenters. The Bertz CT molecular complexity index is 831. The summed E-state index contributed by atoms with van der Waals surface area (Å²) < 4.78 is 0. The molecule has 2 N–H and O–H groups in total. The van der Waals surface area contributed by atoms with E-state index in [1.165, 1.54) is 11.0 Å². The van der Waals surface area contributed by atoms with Crippen molar-refractivity contribution in [2.24, 2.45) is 5.92 Å². The van der Waals surface area contributed by atoms with Crippen LogP contribution in [0.5, 0.6) is 0 Å². The van der Waals surface area contributed by atoms with E-state index in [4.69, 9.17) is 0 Å². The molecule has 1 aliphatic rings. The smallest absolute Gasteiger partial charge is 0.326 e.